The summed E-state index contributed by atoms with van der Waals surface area (Å²) in [7, 11) is -5.08. The van der Waals surface area contributed by atoms with Crippen molar-refractivity contribution in [2.75, 3.05) is 32.0 Å². The molecule has 1 fully saturated rings. The van der Waals surface area contributed by atoms with Crippen LogP contribution in [-0.2, 0) is 20.0 Å². The van der Waals surface area contributed by atoms with Crippen LogP contribution in [0, 0.1) is 0 Å². The molecule has 11 heteroatoms. The Balaban J connectivity index is 2.01. The van der Waals surface area contributed by atoms with Crippen LogP contribution in [0.5, 0.6) is 11.5 Å². The van der Waals surface area contributed by atoms with Crippen LogP contribution in [0.3, 0.4) is 0 Å². The fourth-order valence-corrected chi connectivity index (χ4v) is 6.56. The van der Waals surface area contributed by atoms with Gasteiger partial charge in [0, 0.05) is 17.6 Å². The summed E-state index contributed by atoms with van der Waals surface area (Å²) in [4.78, 5) is -0.0881. The quantitative estimate of drug-likeness (QED) is 0.602. The molecule has 0 radical (unpaired) electrons. The van der Waals surface area contributed by atoms with Gasteiger partial charge >= 0.3 is 0 Å². The summed E-state index contributed by atoms with van der Waals surface area (Å²) in [6.45, 7) is 0.898. The Bertz CT molecular complexity index is 1130. The van der Waals surface area contributed by atoms with Gasteiger partial charge in [-0.1, -0.05) is 22.4 Å². The number of rotatable bonds is 7. The van der Waals surface area contributed by atoms with E-state index in [0.717, 1.165) is 19.3 Å². The third-order valence-corrected chi connectivity index (χ3v) is 8.56. The molecule has 0 saturated carbocycles. The Morgan fingerprint density at radius 3 is 2.17 bits per heavy atom. The van der Waals surface area contributed by atoms with Crippen LogP contribution in [0.25, 0.3) is 0 Å². The first-order valence-corrected chi connectivity index (χ1v) is 13.0. The van der Waals surface area contributed by atoms with Crippen molar-refractivity contribution in [3.63, 3.8) is 0 Å². The lowest BCUT2D eigenvalue weighted by Crippen LogP contribution is -2.35. The topological polar surface area (TPSA) is 102 Å². The summed E-state index contributed by atoms with van der Waals surface area (Å²) >= 11 is 3.26. The fraction of sp³-hybridized carbons (Fsp3) is 0.368. The van der Waals surface area contributed by atoms with Gasteiger partial charge in [-0.25, -0.2) is 16.8 Å². The molecule has 1 heterocycles. The van der Waals surface area contributed by atoms with Gasteiger partial charge in [-0.2, -0.15) is 4.31 Å². The van der Waals surface area contributed by atoms with Crippen LogP contribution in [0.2, 0.25) is 0 Å². The standard InChI is InChI=1S/C19H23BrN2O6S2/c1-27-17-9-7-15(30(25,26)22-10-4-3-5-11-22)13-16(17)21-29(23,24)19-12-14(20)6-8-18(19)28-2/h6-9,12-13,21H,3-5,10-11H2,1-2H3. The number of ether oxygens (including phenoxy) is 2. The molecule has 2 aromatic rings. The fourth-order valence-electron chi connectivity index (χ4n) is 3.24. The van der Waals surface area contributed by atoms with E-state index in [2.05, 4.69) is 20.7 Å². The van der Waals surface area contributed by atoms with E-state index in [-0.39, 0.29) is 27.0 Å². The van der Waals surface area contributed by atoms with Crippen molar-refractivity contribution in [2.24, 2.45) is 0 Å². The van der Waals surface area contributed by atoms with Crippen molar-refractivity contribution in [1.29, 1.82) is 0 Å². The highest BCUT2D eigenvalue weighted by Gasteiger charge is 2.28. The van der Waals surface area contributed by atoms with E-state index >= 15 is 0 Å². The minimum atomic E-state index is -4.09. The normalized spacial score (nSPS) is 15.6. The number of nitrogens with one attached hydrogen (secondary N) is 1. The van der Waals surface area contributed by atoms with Crippen molar-refractivity contribution >= 4 is 41.7 Å². The number of benzene rings is 2. The minimum Gasteiger partial charge on any atom is -0.495 e. The number of hydrogen-bond acceptors (Lipinski definition) is 6. The van der Waals surface area contributed by atoms with Gasteiger partial charge in [-0.15, -0.1) is 0 Å². The third-order valence-electron chi connectivity index (χ3n) is 4.78. The Morgan fingerprint density at radius 2 is 1.53 bits per heavy atom. The van der Waals surface area contributed by atoms with Crippen molar-refractivity contribution in [1.82, 2.24) is 4.31 Å². The molecule has 3 rings (SSSR count). The molecule has 1 aliphatic rings. The minimum absolute atomic E-state index is 0.00380. The zero-order chi connectivity index (χ0) is 21.9. The van der Waals surface area contributed by atoms with Gasteiger partial charge in [0.15, 0.2) is 0 Å². The van der Waals surface area contributed by atoms with Crippen LogP contribution in [-0.4, -0.2) is 48.4 Å². The van der Waals surface area contributed by atoms with E-state index in [1.165, 1.54) is 48.9 Å². The summed E-state index contributed by atoms with van der Waals surface area (Å²) < 4.78 is 66.9. The molecule has 0 bridgehead atoms. The molecule has 0 spiro atoms. The second-order valence-electron chi connectivity index (χ2n) is 6.73. The van der Waals surface area contributed by atoms with E-state index in [9.17, 15) is 16.8 Å². The number of sulfonamides is 2. The van der Waals surface area contributed by atoms with Gasteiger partial charge in [0.25, 0.3) is 10.0 Å². The number of anilines is 1. The first-order chi connectivity index (χ1) is 14.2. The molecule has 0 aromatic heterocycles. The Morgan fingerprint density at radius 1 is 0.900 bits per heavy atom. The Kier molecular flexibility index (Phi) is 6.95. The molecular formula is C19H23BrN2O6S2. The number of methoxy groups -OCH3 is 2. The molecule has 8 nitrogen and oxygen atoms in total. The number of halogens is 1. The largest absolute Gasteiger partial charge is 0.495 e. The average molecular weight is 519 g/mol. The first-order valence-electron chi connectivity index (χ1n) is 9.23. The molecular weight excluding hydrogens is 496 g/mol. The number of hydrogen-bond donors (Lipinski definition) is 1. The molecule has 0 atom stereocenters. The van der Waals surface area contributed by atoms with Crippen LogP contribution in [0.4, 0.5) is 5.69 Å². The molecule has 1 saturated heterocycles. The average Bonchev–Trinajstić information content (AvgIpc) is 2.74. The second kappa shape index (κ2) is 9.13. The maximum absolute atomic E-state index is 13.0. The first kappa shape index (κ1) is 22.9. The molecule has 2 aromatic carbocycles. The van der Waals surface area contributed by atoms with Gasteiger partial charge in [0.1, 0.15) is 16.4 Å². The van der Waals surface area contributed by atoms with E-state index in [1.54, 1.807) is 6.07 Å². The lowest BCUT2D eigenvalue weighted by molar-refractivity contribution is 0.346. The lowest BCUT2D eigenvalue weighted by atomic mass is 10.2. The zero-order valence-electron chi connectivity index (χ0n) is 16.6. The predicted molar refractivity (Wildman–Crippen MR) is 117 cm³/mol. The van der Waals surface area contributed by atoms with E-state index in [0.29, 0.717) is 17.6 Å². The van der Waals surface area contributed by atoms with Crippen molar-refractivity contribution < 1.29 is 26.3 Å². The van der Waals surface area contributed by atoms with Crippen LogP contribution in [0.1, 0.15) is 19.3 Å². The molecule has 30 heavy (non-hydrogen) atoms. The number of nitrogens with zero attached hydrogens (tertiary/aromatic N) is 1. The number of piperidine rings is 1. The SMILES string of the molecule is COc1ccc(S(=O)(=O)N2CCCCC2)cc1NS(=O)(=O)c1cc(Br)ccc1OC. The molecule has 164 valence electrons. The summed E-state index contributed by atoms with van der Waals surface area (Å²) in [5.74, 6) is 0.354. The summed E-state index contributed by atoms with van der Waals surface area (Å²) in [5, 5.41) is 0. The molecule has 1 aliphatic heterocycles. The van der Waals surface area contributed by atoms with Gasteiger partial charge in [0.05, 0.1) is 24.8 Å². The van der Waals surface area contributed by atoms with Crippen molar-refractivity contribution in [2.45, 2.75) is 29.1 Å². The molecule has 0 amide bonds. The van der Waals surface area contributed by atoms with Gasteiger partial charge in [-0.05, 0) is 49.2 Å². The van der Waals surface area contributed by atoms with E-state index < -0.39 is 20.0 Å². The lowest BCUT2D eigenvalue weighted by Gasteiger charge is -2.26. The van der Waals surface area contributed by atoms with Crippen LogP contribution < -0.4 is 14.2 Å². The predicted octanol–water partition coefficient (Wildman–Crippen LogP) is 3.44. The smallest absolute Gasteiger partial charge is 0.265 e. The van der Waals surface area contributed by atoms with Gasteiger partial charge in [-0.3, -0.25) is 4.72 Å². The molecule has 0 aliphatic carbocycles. The van der Waals surface area contributed by atoms with Crippen molar-refractivity contribution in [3.05, 3.63) is 40.9 Å². The summed E-state index contributed by atoms with van der Waals surface area (Å²) in [6, 6.07) is 8.72. The highest BCUT2D eigenvalue weighted by molar-refractivity contribution is 9.10. The Labute approximate surface area is 185 Å². The van der Waals surface area contributed by atoms with Gasteiger partial charge < -0.3 is 9.47 Å². The van der Waals surface area contributed by atoms with E-state index in [1.807, 2.05) is 0 Å². The zero-order valence-corrected chi connectivity index (χ0v) is 19.8. The molecule has 0 unspecified atom stereocenters. The second-order valence-corrected chi connectivity index (χ2v) is 11.2. The Hall–Kier alpha value is -1.82. The highest BCUT2D eigenvalue weighted by atomic mass is 79.9. The third kappa shape index (κ3) is 4.74. The maximum Gasteiger partial charge on any atom is 0.265 e. The highest BCUT2D eigenvalue weighted by Crippen LogP contribution is 2.34. The van der Waals surface area contributed by atoms with Crippen LogP contribution >= 0.6 is 15.9 Å². The van der Waals surface area contributed by atoms with Crippen LogP contribution in [0.15, 0.2) is 50.7 Å². The summed E-state index contributed by atoms with van der Waals surface area (Å²) in [6.07, 6.45) is 2.60. The molecule has 1 N–H and O–H groups in total. The van der Waals surface area contributed by atoms with E-state index in [4.69, 9.17) is 9.47 Å². The van der Waals surface area contributed by atoms with Crippen molar-refractivity contribution in [3.8, 4) is 11.5 Å². The maximum atomic E-state index is 13.0. The summed E-state index contributed by atoms with van der Waals surface area (Å²) in [5.41, 5.74) is 0.0256. The van der Waals surface area contributed by atoms with Gasteiger partial charge in [0.2, 0.25) is 10.0 Å². The monoisotopic (exact) mass is 518 g/mol.